The Morgan fingerprint density at radius 3 is 2.38 bits per heavy atom. The molecule has 0 fully saturated rings. The second-order valence-electron chi connectivity index (χ2n) is 4.47. The number of benzene rings is 2. The summed E-state index contributed by atoms with van der Waals surface area (Å²) in [5.41, 5.74) is 0.892. The molecule has 0 atom stereocenters. The predicted octanol–water partition coefficient (Wildman–Crippen LogP) is 4.69. The standard InChI is InChI=1S/C14H12Br2ClNO2S/c1-18(9-10-3-2-4-11(15)7-10)21(19,20)14-6-5-12(16)8-13(14)17/h2-8H,9H2,1H3. The first-order valence-electron chi connectivity index (χ1n) is 5.96. The summed E-state index contributed by atoms with van der Waals surface area (Å²) < 4.78 is 28.1. The van der Waals surface area contributed by atoms with Gasteiger partial charge in [-0.25, -0.2) is 8.42 Å². The number of nitrogens with zero attached hydrogens (tertiary/aromatic N) is 1. The Morgan fingerprint density at radius 1 is 1.10 bits per heavy atom. The summed E-state index contributed by atoms with van der Waals surface area (Å²) in [5, 5.41) is 0.200. The second-order valence-corrected chi connectivity index (χ2v) is 8.72. The van der Waals surface area contributed by atoms with Crippen molar-refractivity contribution < 1.29 is 8.42 Å². The third-order valence-electron chi connectivity index (χ3n) is 2.88. The van der Waals surface area contributed by atoms with Crippen LogP contribution < -0.4 is 0 Å². The Balaban J connectivity index is 2.30. The summed E-state index contributed by atoms with van der Waals surface area (Å²) in [6, 6.07) is 12.2. The minimum absolute atomic E-state index is 0.102. The summed E-state index contributed by atoms with van der Waals surface area (Å²) >= 11 is 12.7. The molecule has 21 heavy (non-hydrogen) atoms. The number of hydrogen-bond acceptors (Lipinski definition) is 2. The first kappa shape index (κ1) is 17.0. The van der Waals surface area contributed by atoms with E-state index in [0.29, 0.717) is 0 Å². The highest BCUT2D eigenvalue weighted by molar-refractivity contribution is 9.10. The molecule has 0 radical (unpaired) electrons. The lowest BCUT2D eigenvalue weighted by Crippen LogP contribution is -2.26. The monoisotopic (exact) mass is 451 g/mol. The molecule has 0 saturated carbocycles. The van der Waals surface area contributed by atoms with E-state index in [9.17, 15) is 8.42 Å². The van der Waals surface area contributed by atoms with Gasteiger partial charge >= 0.3 is 0 Å². The van der Waals surface area contributed by atoms with Crippen molar-refractivity contribution >= 4 is 53.5 Å². The van der Waals surface area contributed by atoms with Crippen LogP contribution in [0.4, 0.5) is 0 Å². The molecule has 2 aromatic rings. The lowest BCUT2D eigenvalue weighted by atomic mass is 10.2. The van der Waals surface area contributed by atoms with Crippen LogP contribution in [0.5, 0.6) is 0 Å². The molecule has 0 unspecified atom stereocenters. The molecule has 2 aromatic carbocycles. The van der Waals surface area contributed by atoms with Gasteiger partial charge in [0, 0.05) is 22.5 Å². The van der Waals surface area contributed by atoms with E-state index in [1.807, 2.05) is 24.3 Å². The van der Waals surface area contributed by atoms with Crippen LogP contribution in [0, 0.1) is 0 Å². The fraction of sp³-hybridized carbons (Fsp3) is 0.143. The molecule has 0 aliphatic carbocycles. The van der Waals surface area contributed by atoms with Crippen molar-refractivity contribution in [2.45, 2.75) is 11.4 Å². The Labute approximate surface area is 146 Å². The Hall–Kier alpha value is -0.400. The average molecular weight is 454 g/mol. The maximum Gasteiger partial charge on any atom is 0.244 e. The van der Waals surface area contributed by atoms with E-state index in [0.717, 1.165) is 14.5 Å². The average Bonchev–Trinajstić information content (AvgIpc) is 2.38. The van der Waals surface area contributed by atoms with Gasteiger partial charge in [-0.15, -0.1) is 0 Å². The lowest BCUT2D eigenvalue weighted by Gasteiger charge is -2.18. The number of sulfonamides is 1. The van der Waals surface area contributed by atoms with Crippen LogP contribution in [0.3, 0.4) is 0 Å². The van der Waals surface area contributed by atoms with E-state index in [4.69, 9.17) is 11.6 Å². The minimum atomic E-state index is -3.63. The fourth-order valence-corrected chi connectivity index (χ4v) is 4.44. The second kappa shape index (κ2) is 6.79. The molecule has 0 saturated heterocycles. The third-order valence-corrected chi connectivity index (χ3v) is 6.15. The molecule has 112 valence electrons. The van der Waals surface area contributed by atoms with Gasteiger partial charge in [0.2, 0.25) is 10.0 Å². The van der Waals surface area contributed by atoms with Crippen LogP contribution in [0.15, 0.2) is 56.3 Å². The van der Waals surface area contributed by atoms with Crippen LogP contribution in [0.1, 0.15) is 5.56 Å². The summed E-state index contributed by atoms with van der Waals surface area (Å²) in [6.07, 6.45) is 0. The van der Waals surface area contributed by atoms with Gasteiger partial charge in [-0.1, -0.05) is 55.6 Å². The minimum Gasteiger partial charge on any atom is -0.207 e. The summed E-state index contributed by atoms with van der Waals surface area (Å²) in [6.45, 7) is 0.272. The third kappa shape index (κ3) is 4.07. The highest BCUT2D eigenvalue weighted by Crippen LogP contribution is 2.28. The number of rotatable bonds is 4. The molecule has 0 aromatic heterocycles. The molecule has 0 amide bonds. The number of hydrogen-bond donors (Lipinski definition) is 0. The SMILES string of the molecule is CN(Cc1cccc(Br)c1)S(=O)(=O)c1ccc(Br)cc1Cl. The van der Waals surface area contributed by atoms with E-state index >= 15 is 0 Å². The first-order chi connectivity index (χ1) is 9.80. The van der Waals surface area contributed by atoms with Gasteiger partial charge in [0.05, 0.1) is 5.02 Å². The lowest BCUT2D eigenvalue weighted by molar-refractivity contribution is 0.466. The summed E-state index contributed by atoms with van der Waals surface area (Å²) in [5.74, 6) is 0. The maximum absolute atomic E-state index is 12.6. The molecule has 0 heterocycles. The van der Waals surface area contributed by atoms with Crippen molar-refractivity contribution in [2.75, 3.05) is 7.05 Å². The molecule has 0 bridgehead atoms. The highest BCUT2D eigenvalue weighted by atomic mass is 79.9. The zero-order valence-electron chi connectivity index (χ0n) is 11.1. The molecule has 2 rings (SSSR count). The molecular weight excluding hydrogens is 441 g/mol. The van der Waals surface area contributed by atoms with Gasteiger partial charge < -0.3 is 0 Å². The van der Waals surface area contributed by atoms with E-state index < -0.39 is 10.0 Å². The zero-order valence-corrected chi connectivity index (χ0v) is 15.8. The quantitative estimate of drug-likeness (QED) is 0.674. The number of halogens is 3. The molecule has 3 nitrogen and oxygen atoms in total. The van der Waals surface area contributed by atoms with E-state index in [-0.39, 0.29) is 16.5 Å². The van der Waals surface area contributed by atoms with Crippen LogP contribution >= 0.6 is 43.5 Å². The van der Waals surface area contributed by atoms with E-state index in [2.05, 4.69) is 31.9 Å². The zero-order chi connectivity index (χ0) is 15.6. The Morgan fingerprint density at radius 2 is 1.76 bits per heavy atom. The molecule has 0 N–H and O–H groups in total. The van der Waals surface area contributed by atoms with Gasteiger partial charge in [-0.2, -0.15) is 4.31 Å². The van der Waals surface area contributed by atoms with Gasteiger partial charge in [0.15, 0.2) is 0 Å². The molecule has 7 heteroatoms. The fourth-order valence-electron chi connectivity index (χ4n) is 1.83. The first-order valence-corrected chi connectivity index (χ1v) is 9.37. The largest absolute Gasteiger partial charge is 0.244 e. The van der Waals surface area contributed by atoms with Gasteiger partial charge in [0.1, 0.15) is 4.90 Å². The van der Waals surface area contributed by atoms with Crippen molar-refractivity contribution in [1.82, 2.24) is 4.31 Å². The smallest absolute Gasteiger partial charge is 0.207 e. The molecule has 0 spiro atoms. The van der Waals surface area contributed by atoms with Crippen LogP contribution in [-0.4, -0.2) is 19.8 Å². The van der Waals surface area contributed by atoms with Crippen LogP contribution in [-0.2, 0) is 16.6 Å². The van der Waals surface area contributed by atoms with Crippen LogP contribution in [0.2, 0.25) is 5.02 Å². The normalized spacial score (nSPS) is 11.9. The van der Waals surface area contributed by atoms with Crippen molar-refractivity contribution in [2.24, 2.45) is 0 Å². The van der Waals surface area contributed by atoms with Crippen LogP contribution in [0.25, 0.3) is 0 Å². The Bertz CT molecular complexity index is 765. The Kier molecular flexibility index (Phi) is 5.48. The summed E-state index contributed by atoms with van der Waals surface area (Å²) in [4.78, 5) is 0.102. The van der Waals surface area contributed by atoms with Gasteiger partial charge in [0.25, 0.3) is 0 Å². The van der Waals surface area contributed by atoms with Gasteiger partial charge in [-0.3, -0.25) is 0 Å². The van der Waals surface area contributed by atoms with Crippen molar-refractivity contribution in [3.63, 3.8) is 0 Å². The van der Waals surface area contributed by atoms with E-state index in [1.54, 1.807) is 12.1 Å². The maximum atomic E-state index is 12.6. The topological polar surface area (TPSA) is 37.4 Å². The van der Waals surface area contributed by atoms with Crippen molar-refractivity contribution in [1.29, 1.82) is 0 Å². The van der Waals surface area contributed by atoms with Crippen molar-refractivity contribution in [3.05, 3.63) is 62.0 Å². The molecular formula is C14H12Br2ClNO2S. The van der Waals surface area contributed by atoms with Crippen molar-refractivity contribution in [3.8, 4) is 0 Å². The summed E-state index contributed by atoms with van der Waals surface area (Å²) in [7, 11) is -2.10. The highest BCUT2D eigenvalue weighted by Gasteiger charge is 2.23. The predicted molar refractivity (Wildman–Crippen MR) is 91.9 cm³/mol. The molecule has 0 aliphatic rings. The van der Waals surface area contributed by atoms with Gasteiger partial charge in [-0.05, 0) is 35.9 Å². The van der Waals surface area contributed by atoms with E-state index in [1.165, 1.54) is 17.4 Å². The molecule has 0 aliphatic heterocycles.